The van der Waals surface area contributed by atoms with E-state index in [1.807, 2.05) is 0 Å². The van der Waals surface area contributed by atoms with Crippen LogP contribution in [0.4, 0.5) is 0 Å². The number of sulfonamides is 1. The summed E-state index contributed by atoms with van der Waals surface area (Å²) in [6, 6.07) is -0.256. The molecule has 0 bridgehead atoms. The number of aromatic nitrogens is 2. The van der Waals surface area contributed by atoms with Gasteiger partial charge in [0.05, 0.1) is 12.5 Å². The van der Waals surface area contributed by atoms with Crippen LogP contribution in [0.1, 0.15) is 25.7 Å². The zero-order chi connectivity index (χ0) is 11.6. The molecular formula is C9H16N4O2S. The minimum atomic E-state index is -3.50. The van der Waals surface area contributed by atoms with Crippen LogP contribution in [0.3, 0.4) is 0 Å². The molecule has 1 heterocycles. The van der Waals surface area contributed by atoms with Gasteiger partial charge in [-0.05, 0) is 12.8 Å². The molecule has 0 radical (unpaired) electrons. The lowest BCUT2D eigenvalue weighted by molar-refractivity contribution is 0.361. The normalized spacial score (nSPS) is 26.8. The molecular weight excluding hydrogens is 228 g/mol. The Labute approximate surface area is 94.7 Å². The molecule has 1 saturated carbocycles. The van der Waals surface area contributed by atoms with Crippen LogP contribution >= 0.6 is 0 Å². The number of nitrogens with one attached hydrogen (secondary N) is 2. The Morgan fingerprint density at radius 2 is 2.19 bits per heavy atom. The largest absolute Gasteiger partial charge is 0.335 e. The zero-order valence-corrected chi connectivity index (χ0v) is 9.70. The molecule has 1 aliphatic rings. The summed E-state index contributed by atoms with van der Waals surface area (Å²) in [6.07, 6.45) is 6.39. The molecule has 6 nitrogen and oxygen atoms in total. The van der Waals surface area contributed by atoms with E-state index in [1.165, 1.54) is 12.5 Å². The minimum absolute atomic E-state index is 0.0882. The molecule has 0 unspecified atom stereocenters. The first kappa shape index (κ1) is 11.6. The maximum absolute atomic E-state index is 11.9. The van der Waals surface area contributed by atoms with Crippen molar-refractivity contribution < 1.29 is 8.42 Å². The molecule has 1 aliphatic carbocycles. The van der Waals surface area contributed by atoms with Crippen LogP contribution in [0, 0.1) is 0 Å². The first-order chi connectivity index (χ1) is 7.59. The molecule has 0 saturated heterocycles. The Kier molecular flexibility index (Phi) is 3.27. The molecule has 4 N–H and O–H groups in total. The van der Waals surface area contributed by atoms with Gasteiger partial charge in [0.25, 0.3) is 10.0 Å². The lowest BCUT2D eigenvalue weighted by atomic mass is 9.92. The minimum Gasteiger partial charge on any atom is -0.335 e. The van der Waals surface area contributed by atoms with Gasteiger partial charge in [0.15, 0.2) is 5.03 Å². The van der Waals surface area contributed by atoms with Gasteiger partial charge in [0.2, 0.25) is 0 Å². The average molecular weight is 244 g/mol. The van der Waals surface area contributed by atoms with Crippen LogP contribution in [0.5, 0.6) is 0 Å². The Morgan fingerprint density at radius 1 is 1.44 bits per heavy atom. The summed E-state index contributed by atoms with van der Waals surface area (Å²) in [6.45, 7) is 0. The van der Waals surface area contributed by atoms with Gasteiger partial charge in [-0.15, -0.1) is 0 Å². The number of H-pyrrole nitrogens is 1. The maximum atomic E-state index is 11.9. The Balaban J connectivity index is 2.09. The van der Waals surface area contributed by atoms with E-state index in [0.29, 0.717) is 0 Å². The molecule has 7 heteroatoms. The molecule has 2 atom stereocenters. The van der Waals surface area contributed by atoms with E-state index in [2.05, 4.69) is 14.7 Å². The SMILES string of the molecule is N[C@@H]1CCCC[C@H]1NS(=O)(=O)c1cnc[nH]1. The smallest absolute Gasteiger partial charge is 0.257 e. The number of hydrogen-bond donors (Lipinski definition) is 3. The average Bonchev–Trinajstić information content (AvgIpc) is 2.75. The Morgan fingerprint density at radius 3 is 2.81 bits per heavy atom. The van der Waals surface area contributed by atoms with Crippen molar-refractivity contribution in [3.05, 3.63) is 12.5 Å². The summed E-state index contributed by atoms with van der Waals surface area (Å²) < 4.78 is 26.4. The van der Waals surface area contributed by atoms with Crippen molar-refractivity contribution in [3.63, 3.8) is 0 Å². The molecule has 0 aromatic carbocycles. The number of aromatic amines is 1. The predicted molar refractivity (Wildman–Crippen MR) is 59.1 cm³/mol. The first-order valence-electron chi connectivity index (χ1n) is 5.36. The highest BCUT2D eigenvalue weighted by Crippen LogP contribution is 2.18. The van der Waals surface area contributed by atoms with Crippen molar-refractivity contribution in [2.75, 3.05) is 0 Å². The van der Waals surface area contributed by atoms with Gasteiger partial charge in [0.1, 0.15) is 0 Å². The lowest BCUT2D eigenvalue weighted by Gasteiger charge is -2.28. The molecule has 0 amide bonds. The van der Waals surface area contributed by atoms with Crippen LogP contribution in [-0.4, -0.2) is 30.5 Å². The highest BCUT2D eigenvalue weighted by atomic mass is 32.2. The summed E-state index contributed by atoms with van der Waals surface area (Å²) in [4.78, 5) is 6.27. The van der Waals surface area contributed by atoms with E-state index in [9.17, 15) is 8.42 Å². The number of nitrogens with zero attached hydrogens (tertiary/aromatic N) is 1. The first-order valence-corrected chi connectivity index (χ1v) is 6.84. The van der Waals surface area contributed by atoms with Crippen molar-refractivity contribution in [1.29, 1.82) is 0 Å². The molecule has 0 aliphatic heterocycles. The lowest BCUT2D eigenvalue weighted by Crippen LogP contribution is -2.49. The number of nitrogens with two attached hydrogens (primary N) is 1. The second-order valence-corrected chi connectivity index (χ2v) is 5.77. The van der Waals surface area contributed by atoms with Crippen LogP contribution in [0.2, 0.25) is 0 Å². The van der Waals surface area contributed by atoms with Gasteiger partial charge in [-0.25, -0.2) is 18.1 Å². The van der Waals surface area contributed by atoms with Crippen molar-refractivity contribution in [2.24, 2.45) is 5.73 Å². The molecule has 2 rings (SSSR count). The highest BCUT2D eigenvalue weighted by molar-refractivity contribution is 7.89. The summed E-state index contributed by atoms with van der Waals surface area (Å²) >= 11 is 0. The van der Waals surface area contributed by atoms with E-state index < -0.39 is 10.0 Å². The van der Waals surface area contributed by atoms with E-state index in [1.54, 1.807) is 0 Å². The predicted octanol–water partition coefficient (Wildman–Crippen LogP) is -0.0421. The third kappa shape index (κ3) is 2.42. The summed E-state index contributed by atoms with van der Waals surface area (Å²) in [5.41, 5.74) is 5.89. The van der Waals surface area contributed by atoms with Crippen LogP contribution < -0.4 is 10.5 Å². The quantitative estimate of drug-likeness (QED) is 0.694. The van der Waals surface area contributed by atoms with Gasteiger partial charge in [0, 0.05) is 12.1 Å². The molecule has 90 valence electrons. The molecule has 1 aromatic heterocycles. The number of hydrogen-bond acceptors (Lipinski definition) is 4. The summed E-state index contributed by atoms with van der Waals surface area (Å²) in [5.74, 6) is 0. The second-order valence-electron chi connectivity index (χ2n) is 4.09. The van der Waals surface area contributed by atoms with E-state index in [0.717, 1.165) is 25.7 Å². The van der Waals surface area contributed by atoms with Gasteiger partial charge in [-0.3, -0.25) is 0 Å². The van der Waals surface area contributed by atoms with Crippen molar-refractivity contribution in [2.45, 2.75) is 42.8 Å². The Hall–Kier alpha value is -0.920. The van der Waals surface area contributed by atoms with Gasteiger partial charge < -0.3 is 10.7 Å². The van der Waals surface area contributed by atoms with Crippen molar-refractivity contribution in [1.82, 2.24) is 14.7 Å². The standard InChI is InChI=1S/C9H16N4O2S/c10-7-3-1-2-4-8(7)13-16(14,15)9-5-11-6-12-9/h5-8,13H,1-4,10H2,(H,11,12)/t7-,8-/m1/s1. The highest BCUT2D eigenvalue weighted by Gasteiger charge is 2.27. The van der Waals surface area contributed by atoms with Gasteiger partial charge >= 0.3 is 0 Å². The van der Waals surface area contributed by atoms with Gasteiger partial charge in [-0.1, -0.05) is 12.8 Å². The van der Waals surface area contributed by atoms with Crippen LogP contribution in [-0.2, 0) is 10.0 Å². The third-order valence-electron chi connectivity index (χ3n) is 2.89. The van der Waals surface area contributed by atoms with E-state index in [-0.39, 0.29) is 17.1 Å². The summed E-state index contributed by atoms with van der Waals surface area (Å²) in [5, 5.41) is 0.0882. The number of imidazole rings is 1. The Bertz CT molecular complexity index is 428. The third-order valence-corrected chi connectivity index (χ3v) is 4.30. The van der Waals surface area contributed by atoms with Crippen LogP contribution in [0.15, 0.2) is 17.6 Å². The molecule has 1 aromatic rings. The fourth-order valence-electron chi connectivity index (χ4n) is 1.96. The maximum Gasteiger partial charge on any atom is 0.257 e. The van der Waals surface area contributed by atoms with Crippen LogP contribution in [0.25, 0.3) is 0 Å². The summed E-state index contributed by atoms with van der Waals surface area (Å²) in [7, 11) is -3.50. The van der Waals surface area contributed by atoms with Gasteiger partial charge in [-0.2, -0.15) is 0 Å². The van der Waals surface area contributed by atoms with Crippen molar-refractivity contribution in [3.8, 4) is 0 Å². The van der Waals surface area contributed by atoms with Crippen molar-refractivity contribution >= 4 is 10.0 Å². The zero-order valence-electron chi connectivity index (χ0n) is 8.89. The monoisotopic (exact) mass is 244 g/mol. The fraction of sp³-hybridized carbons (Fsp3) is 0.667. The van der Waals surface area contributed by atoms with E-state index >= 15 is 0 Å². The topological polar surface area (TPSA) is 101 Å². The van der Waals surface area contributed by atoms with E-state index in [4.69, 9.17) is 5.73 Å². The fourth-order valence-corrected chi connectivity index (χ4v) is 3.18. The second kappa shape index (κ2) is 4.52. The molecule has 16 heavy (non-hydrogen) atoms. The number of rotatable bonds is 3. The molecule has 0 spiro atoms. The molecule has 1 fully saturated rings.